The minimum absolute atomic E-state index is 0.113. The predicted molar refractivity (Wildman–Crippen MR) is 74.4 cm³/mol. The van der Waals surface area contributed by atoms with Crippen LogP contribution in [-0.2, 0) is 11.2 Å². The maximum absolute atomic E-state index is 10.8. The van der Waals surface area contributed by atoms with E-state index in [1.54, 1.807) is 19.2 Å². The van der Waals surface area contributed by atoms with Gasteiger partial charge in [-0.15, -0.1) is 0 Å². The average Bonchev–Trinajstić information content (AvgIpc) is 2.33. The molecule has 0 saturated heterocycles. The normalized spacial score (nSPS) is 28.3. The van der Waals surface area contributed by atoms with Crippen molar-refractivity contribution in [2.75, 3.05) is 7.11 Å². The van der Waals surface area contributed by atoms with Gasteiger partial charge >= 0.3 is 0 Å². The number of aliphatic hydroxyl groups is 1. The van der Waals surface area contributed by atoms with Crippen LogP contribution < -0.4 is 0 Å². The van der Waals surface area contributed by atoms with Crippen molar-refractivity contribution in [2.24, 2.45) is 0 Å². The van der Waals surface area contributed by atoms with Gasteiger partial charge in [0.1, 0.15) is 0 Å². The van der Waals surface area contributed by atoms with Gasteiger partial charge in [0.15, 0.2) is 0 Å². The van der Waals surface area contributed by atoms with Gasteiger partial charge in [0.05, 0.1) is 11.7 Å². The molecule has 1 fully saturated rings. The fourth-order valence-corrected chi connectivity index (χ4v) is 3.20. The monoisotopic (exact) mass is 288 g/mol. The van der Waals surface area contributed by atoms with Crippen LogP contribution in [-0.4, -0.2) is 23.9 Å². The minimum Gasteiger partial charge on any atom is -0.387 e. The van der Waals surface area contributed by atoms with Crippen LogP contribution >= 0.6 is 23.2 Å². The number of rotatable bonds is 3. The molecule has 1 aliphatic carbocycles. The highest BCUT2D eigenvalue weighted by Gasteiger charge is 2.39. The zero-order chi connectivity index (χ0) is 13.2. The Morgan fingerprint density at radius 1 is 1.39 bits per heavy atom. The molecule has 1 saturated carbocycles. The van der Waals surface area contributed by atoms with Crippen LogP contribution in [0.4, 0.5) is 0 Å². The highest BCUT2D eigenvalue weighted by molar-refractivity contribution is 6.35. The van der Waals surface area contributed by atoms with Gasteiger partial charge in [0, 0.05) is 23.6 Å². The summed E-state index contributed by atoms with van der Waals surface area (Å²) in [6, 6.07) is 5.40. The molecule has 2 atom stereocenters. The lowest BCUT2D eigenvalue weighted by molar-refractivity contribution is -0.116. The van der Waals surface area contributed by atoms with E-state index in [2.05, 4.69) is 0 Å². The van der Waals surface area contributed by atoms with Gasteiger partial charge in [0.2, 0.25) is 0 Å². The molecule has 2 unspecified atom stereocenters. The van der Waals surface area contributed by atoms with Gasteiger partial charge in [-0.2, -0.15) is 0 Å². The highest BCUT2D eigenvalue weighted by Crippen LogP contribution is 2.35. The molecule has 0 radical (unpaired) electrons. The topological polar surface area (TPSA) is 29.5 Å². The number of hydrogen-bond acceptors (Lipinski definition) is 2. The molecule has 100 valence electrons. The van der Waals surface area contributed by atoms with Crippen molar-refractivity contribution in [1.82, 2.24) is 0 Å². The van der Waals surface area contributed by atoms with E-state index in [9.17, 15) is 5.11 Å². The van der Waals surface area contributed by atoms with Crippen LogP contribution in [0.1, 0.15) is 31.2 Å². The maximum atomic E-state index is 10.8. The third kappa shape index (κ3) is 3.00. The molecule has 0 spiro atoms. The van der Waals surface area contributed by atoms with Gasteiger partial charge < -0.3 is 9.84 Å². The molecule has 0 amide bonds. The molecule has 0 aromatic heterocycles. The highest BCUT2D eigenvalue weighted by atomic mass is 35.5. The largest absolute Gasteiger partial charge is 0.387 e. The molecule has 0 bridgehead atoms. The Balaban J connectivity index is 2.20. The van der Waals surface area contributed by atoms with Crippen molar-refractivity contribution in [3.8, 4) is 0 Å². The quantitative estimate of drug-likeness (QED) is 0.915. The van der Waals surface area contributed by atoms with Gasteiger partial charge in [-0.1, -0.05) is 42.1 Å². The molecule has 1 aromatic carbocycles. The zero-order valence-electron chi connectivity index (χ0n) is 10.5. The fourth-order valence-electron chi connectivity index (χ4n) is 2.72. The van der Waals surface area contributed by atoms with Crippen molar-refractivity contribution >= 4 is 23.2 Å². The van der Waals surface area contributed by atoms with Crippen LogP contribution in [0.25, 0.3) is 0 Å². The van der Waals surface area contributed by atoms with Crippen molar-refractivity contribution < 1.29 is 9.84 Å². The average molecular weight is 289 g/mol. The molecule has 1 aliphatic rings. The maximum Gasteiger partial charge on any atom is 0.0948 e. The van der Waals surface area contributed by atoms with E-state index < -0.39 is 5.60 Å². The Hall–Kier alpha value is -0.280. The Morgan fingerprint density at radius 2 is 2.17 bits per heavy atom. The number of hydrogen-bond donors (Lipinski definition) is 1. The summed E-state index contributed by atoms with van der Waals surface area (Å²) in [7, 11) is 1.66. The molecule has 2 rings (SSSR count). The van der Waals surface area contributed by atoms with E-state index in [1.807, 2.05) is 6.07 Å². The summed E-state index contributed by atoms with van der Waals surface area (Å²) < 4.78 is 5.42. The van der Waals surface area contributed by atoms with Crippen molar-refractivity contribution in [3.05, 3.63) is 33.8 Å². The van der Waals surface area contributed by atoms with E-state index in [0.717, 1.165) is 31.2 Å². The second kappa shape index (κ2) is 5.79. The lowest BCUT2D eigenvalue weighted by atomic mass is 9.78. The van der Waals surface area contributed by atoms with Crippen LogP contribution in [0.3, 0.4) is 0 Å². The number of methoxy groups -OCH3 is 1. The molecule has 1 N–H and O–H groups in total. The van der Waals surface area contributed by atoms with E-state index in [-0.39, 0.29) is 6.10 Å². The first kappa shape index (κ1) is 14.1. The van der Waals surface area contributed by atoms with Gasteiger partial charge in [-0.25, -0.2) is 0 Å². The molecular weight excluding hydrogens is 271 g/mol. The number of benzene rings is 1. The van der Waals surface area contributed by atoms with Crippen LogP contribution in [0, 0.1) is 0 Å². The minimum atomic E-state index is -0.815. The number of halogens is 2. The molecular formula is C14H18Cl2O2. The predicted octanol–water partition coefficient (Wildman–Crippen LogP) is 3.86. The van der Waals surface area contributed by atoms with Crippen LogP contribution in [0.15, 0.2) is 18.2 Å². The van der Waals surface area contributed by atoms with E-state index in [0.29, 0.717) is 16.5 Å². The Labute approximate surface area is 118 Å². The van der Waals surface area contributed by atoms with Crippen molar-refractivity contribution in [1.29, 1.82) is 0 Å². The van der Waals surface area contributed by atoms with Crippen LogP contribution in [0.2, 0.25) is 10.0 Å². The number of ether oxygens (including phenoxy) is 1. The van der Waals surface area contributed by atoms with Gasteiger partial charge in [-0.05, 0) is 30.5 Å². The molecule has 4 heteroatoms. The third-order valence-electron chi connectivity index (χ3n) is 3.72. The summed E-state index contributed by atoms with van der Waals surface area (Å²) in [6.45, 7) is 0. The standard InChI is InChI=1S/C14H18Cl2O2/c1-18-13-4-2-3-7-14(13,17)9-10-5-6-11(15)8-12(10)16/h5-6,8,13,17H,2-4,7,9H2,1H3. The third-order valence-corrected chi connectivity index (χ3v) is 4.31. The Morgan fingerprint density at radius 3 is 2.83 bits per heavy atom. The Bertz CT molecular complexity index is 422. The second-order valence-corrected chi connectivity index (χ2v) is 5.83. The lowest BCUT2D eigenvalue weighted by Crippen LogP contribution is -2.47. The Kier molecular flexibility index (Phi) is 4.54. The van der Waals surface area contributed by atoms with Crippen LogP contribution in [0.5, 0.6) is 0 Å². The van der Waals surface area contributed by atoms with Gasteiger partial charge in [0.25, 0.3) is 0 Å². The van der Waals surface area contributed by atoms with Gasteiger partial charge in [-0.3, -0.25) is 0 Å². The first-order chi connectivity index (χ1) is 8.55. The van der Waals surface area contributed by atoms with E-state index in [1.165, 1.54) is 0 Å². The second-order valence-electron chi connectivity index (χ2n) is 4.99. The molecule has 18 heavy (non-hydrogen) atoms. The molecule has 2 nitrogen and oxygen atoms in total. The summed E-state index contributed by atoms with van der Waals surface area (Å²) in [5.74, 6) is 0. The lowest BCUT2D eigenvalue weighted by Gasteiger charge is -2.39. The molecule has 0 aliphatic heterocycles. The smallest absolute Gasteiger partial charge is 0.0948 e. The first-order valence-corrected chi connectivity index (χ1v) is 7.00. The van der Waals surface area contributed by atoms with Crippen molar-refractivity contribution in [2.45, 2.75) is 43.8 Å². The SMILES string of the molecule is COC1CCCCC1(O)Cc1ccc(Cl)cc1Cl. The van der Waals surface area contributed by atoms with E-state index >= 15 is 0 Å². The summed E-state index contributed by atoms with van der Waals surface area (Å²) in [5, 5.41) is 12.0. The summed E-state index contributed by atoms with van der Waals surface area (Å²) >= 11 is 12.0. The summed E-state index contributed by atoms with van der Waals surface area (Å²) in [6.07, 6.45) is 4.19. The summed E-state index contributed by atoms with van der Waals surface area (Å²) in [5.41, 5.74) is 0.109. The fraction of sp³-hybridized carbons (Fsp3) is 0.571. The van der Waals surface area contributed by atoms with Crippen molar-refractivity contribution in [3.63, 3.8) is 0 Å². The molecule has 0 heterocycles. The summed E-state index contributed by atoms with van der Waals surface area (Å²) in [4.78, 5) is 0. The van der Waals surface area contributed by atoms with E-state index in [4.69, 9.17) is 27.9 Å². The zero-order valence-corrected chi connectivity index (χ0v) is 12.0. The molecule has 1 aromatic rings. The first-order valence-electron chi connectivity index (χ1n) is 6.24.